The van der Waals surface area contributed by atoms with Crippen LogP contribution in [0.4, 0.5) is 5.69 Å². The first-order chi connectivity index (χ1) is 15.8. The number of carbonyl (C=O) groups is 2. The molecule has 10 heteroatoms. The van der Waals surface area contributed by atoms with Gasteiger partial charge in [-0.1, -0.05) is 46.3 Å². The van der Waals surface area contributed by atoms with Crippen molar-refractivity contribution in [3.8, 4) is 0 Å². The van der Waals surface area contributed by atoms with Crippen molar-refractivity contribution < 1.29 is 22.7 Å². The summed E-state index contributed by atoms with van der Waals surface area (Å²) in [5, 5.41) is 4.36. The van der Waals surface area contributed by atoms with Crippen LogP contribution in [-0.4, -0.2) is 37.8 Å². The Hall–Kier alpha value is -2.53. The molecule has 1 aliphatic rings. The second kappa shape index (κ2) is 10.2. The maximum atomic E-state index is 13.3. The highest BCUT2D eigenvalue weighted by molar-refractivity contribution is 9.10. The molecule has 0 radical (unpaired) electrons. The minimum absolute atomic E-state index is 0.187. The number of nitrogens with zero attached hydrogens (tertiary/aromatic N) is 1. The van der Waals surface area contributed by atoms with E-state index in [9.17, 15) is 18.0 Å². The van der Waals surface area contributed by atoms with Crippen molar-refractivity contribution >= 4 is 54.9 Å². The van der Waals surface area contributed by atoms with Gasteiger partial charge in [-0.05, 0) is 53.3 Å². The number of fused-ring (bicyclic) bond motifs is 1. The molecule has 0 spiro atoms. The topological polar surface area (TPSA) is 92.8 Å². The summed E-state index contributed by atoms with van der Waals surface area (Å²) in [6.07, 6.45) is 0.370. The fraction of sp³-hybridized carbons (Fsp3) is 0.217. The SMILES string of the molecule is O=C(COC(=O)C[C@H]1c2ccccc2CCN1S(=O)(=O)c1cccs1)Nc1ccc(Br)cc1. The number of hydrogen-bond acceptors (Lipinski definition) is 6. The second-order valence-corrected chi connectivity index (χ2v) is 11.4. The van der Waals surface area contributed by atoms with Gasteiger partial charge < -0.3 is 10.1 Å². The molecule has 1 aromatic heterocycles. The van der Waals surface area contributed by atoms with Gasteiger partial charge in [0.05, 0.1) is 12.5 Å². The van der Waals surface area contributed by atoms with E-state index in [1.165, 1.54) is 4.31 Å². The number of carbonyl (C=O) groups excluding carboxylic acids is 2. The number of hydrogen-bond donors (Lipinski definition) is 1. The molecule has 172 valence electrons. The van der Waals surface area contributed by atoms with E-state index in [-0.39, 0.29) is 17.2 Å². The van der Waals surface area contributed by atoms with Crippen molar-refractivity contribution in [2.45, 2.75) is 23.1 Å². The number of halogens is 1. The Bertz CT molecular complexity index is 1240. The van der Waals surface area contributed by atoms with Gasteiger partial charge in [-0.15, -0.1) is 11.3 Å². The minimum Gasteiger partial charge on any atom is -0.456 e. The Kier molecular flexibility index (Phi) is 7.28. The summed E-state index contributed by atoms with van der Waals surface area (Å²) in [7, 11) is -3.77. The zero-order valence-corrected chi connectivity index (χ0v) is 20.7. The Morgan fingerprint density at radius 2 is 1.85 bits per heavy atom. The number of nitrogens with one attached hydrogen (secondary N) is 1. The predicted molar refractivity (Wildman–Crippen MR) is 129 cm³/mol. The second-order valence-electron chi connectivity index (χ2n) is 7.43. The molecule has 33 heavy (non-hydrogen) atoms. The summed E-state index contributed by atoms with van der Waals surface area (Å²) >= 11 is 4.46. The van der Waals surface area contributed by atoms with Crippen LogP contribution in [0.15, 0.2) is 74.7 Å². The zero-order chi connectivity index (χ0) is 23.4. The summed E-state index contributed by atoms with van der Waals surface area (Å²) in [4.78, 5) is 24.8. The van der Waals surface area contributed by atoms with Crippen LogP contribution in [0.1, 0.15) is 23.6 Å². The fourth-order valence-corrected chi connectivity index (χ4v) is 6.74. The Balaban J connectivity index is 1.46. The van der Waals surface area contributed by atoms with Gasteiger partial charge in [-0.25, -0.2) is 8.42 Å². The minimum atomic E-state index is -3.77. The summed E-state index contributed by atoms with van der Waals surface area (Å²) in [6.45, 7) is -0.194. The lowest BCUT2D eigenvalue weighted by Crippen LogP contribution is -2.41. The summed E-state index contributed by atoms with van der Waals surface area (Å²) in [6, 6.07) is 17.0. The maximum Gasteiger partial charge on any atom is 0.308 e. The lowest BCUT2D eigenvalue weighted by Gasteiger charge is -2.35. The number of benzene rings is 2. The molecule has 1 aliphatic heterocycles. The molecule has 2 aromatic carbocycles. The normalized spacial score (nSPS) is 16.1. The summed E-state index contributed by atoms with van der Waals surface area (Å²) < 4.78 is 34.2. The van der Waals surface area contributed by atoms with Crippen LogP contribution in [0, 0.1) is 0 Å². The molecule has 0 saturated carbocycles. The van der Waals surface area contributed by atoms with Crippen LogP contribution < -0.4 is 5.32 Å². The van der Waals surface area contributed by atoms with Crippen LogP contribution in [0.3, 0.4) is 0 Å². The fourth-order valence-electron chi connectivity index (χ4n) is 3.75. The largest absolute Gasteiger partial charge is 0.456 e. The van der Waals surface area contributed by atoms with Gasteiger partial charge in [0.1, 0.15) is 4.21 Å². The first-order valence-corrected chi connectivity index (χ1v) is 13.3. The van der Waals surface area contributed by atoms with E-state index in [1.54, 1.807) is 41.8 Å². The van der Waals surface area contributed by atoms with Gasteiger partial charge in [-0.2, -0.15) is 4.31 Å². The zero-order valence-electron chi connectivity index (χ0n) is 17.4. The van der Waals surface area contributed by atoms with Crippen LogP contribution in [0.2, 0.25) is 0 Å². The number of rotatable bonds is 7. The third-order valence-corrected chi connectivity index (χ3v) is 9.08. The average molecular weight is 549 g/mol. The van der Waals surface area contributed by atoms with Crippen molar-refractivity contribution in [3.63, 3.8) is 0 Å². The van der Waals surface area contributed by atoms with Gasteiger partial charge in [-0.3, -0.25) is 9.59 Å². The highest BCUT2D eigenvalue weighted by Crippen LogP contribution is 2.37. The van der Waals surface area contributed by atoms with Crippen molar-refractivity contribution in [1.82, 2.24) is 4.31 Å². The van der Waals surface area contributed by atoms with Crippen molar-refractivity contribution in [1.29, 1.82) is 0 Å². The maximum absolute atomic E-state index is 13.3. The number of anilines is 1. The van der Waals surface area contributed by atoms with Crippen LogP contribution in [0.25, 0.3) is 0 Å². The molecular formula is C23H21BrN2O5S2. The monoisotopic (exact) mass is 548 g/mol. The highest BCUT2D eigenvalue weighted by atomic mass is 79.9. The van der Waals surface area contributed by atoms with E-state index in [0.29, 0.717) is 12.1 Å². The smallest absolute Gasteiger partial charge is 0.308 e. The molecule has 0 unspecified atom stereocenters. The predicted octanol–water partition coefficient (Wildman–Crippen LogP) is 4.37. The van der Waals surface area contributed by atoms with Gasteiger partial charge in [0.15, 0.2) is 6.61 Å². The first-order valence-electron chi connectivity index (χ1n) is 10.2. The van der Waals surface area contributed by atoms with Crippen LogP contribution in [-0.2, 0) is 30.8 Å². The van der Waals surface area contributed by atoms with Crippen LogP contribution in [0.5, 0.6) is 0 Å². The number of amides is 1. The molecule has 3 aromatic rings. The van der Waals surface area contributed by atoms with Gasteiger partial charge >= 0.3 is 5.97 Å². The van der Waals surface area contributed by atoms with E-state index < -0.39 is 34.5 Å². The van der Waals surface area contributed by atoms with Crippen molar-refractivity contribution in [2.75, 3.05) is 18.5 Å². The number of ether oxygens (including phenoxy) is 1. The third-order valence-electron chi connectivity index (χ3n) is 5.27. The lowest BCUT2D eigenvalue weighted by atomic mass is 9.92. The molecular weight excluding hydrogens is 528 g/mol. The number of sulfonamides is 1. The number of thiophene rings is 1. The highest BCUT2D eigenvalue weighted by Gasteiger charge is 2.38. The Morgan fingerprint density at radius 3 is 2.58 bits per heavy atom. The first kappa shape index (κ1) is 23.6. The molecule has 0 saturated heterocycles. The van der Waals surface area contributed by atoms with E-state index in [1.807, 2.05) is 24.3 Å². The lowest BCUT2D eigenvalue weighted by molar-refractivity contribution is -0.148. The van der Waals surface area contributed by atoms with E-state index >= 15 is 0 Å². The quantitative estimate of drug-likeness (QED) is 0.442. The molecule has 1 amide bonds. The Morgan fingerprint density at radius 1 is 1.09 bits per heavy atom. The van der Waals surface area contributed by atoms with Crippen molar-refractivity contribution in [3.05, 3.63) is 81.6 Å². The molecule has 4 rings (SSSR count). The summed E-state index contributed by atoms with van der Waals surface area (Å²) in [5.41, 5.74) is 2.36. The van der Waals surface area contributed by atoms with Gasteiger partial charge in [0.25, 0.3) is 15.9 Å². The molecule has 0 fully saturated rings. The molecule has 0 aliphatic carbocycles. The van der Waals surface area contributed by atoms with Gasteiger partial charge in [0, 0.05) is 16.7 Å². The average Bonchev–Trinajstić information content (AvgIpc) is 3.35. The molecule has 1 atom stereocenters. The molecule has 0 bridgehead atoms. The van der Waals surface area contributed by atoms with Gasteiger partial charge in [0.2, 0.25) is 0 Å². The van der Waals surface area contributed by atoms with E-state index in [4.69, 9.17) is 4.74 Å². The molecule has 2 heterocycles. The molecule has 7 nitrogen and oxygen atoms in total. The van der Waals surface area contributed by atoms with Crippen molar-refractivity contribution in [2.24, 2.45) is 0 Å². The number of esters is 1. The third kappa shape index (κ3) is 5.52. The standard InChI is InChI=1S/C23H21BrN2O5S2/c24-17-7-9-18(10-8-17)25-21(27)15-31-22(28)14-20-19-5-2-1-4-16(19)11-12-26(20)33(29,30)23-6-3-13-32-23/h1-10,13,20H,11-12,14-15H2,(H,25,27)/t20-/m0/s1. The molecule has 1 N–H and O–H groups in total. The van der Waals surface area contributed by atoms with E-state index in [0.717, 1.165) is 26.9 Å². The Labute approximate surface area is 204 Å². The van der Waals surface area contributed by atoms with Crippen LogP contribution >= 0.6 is 27.3 Å². The van der Waals surface area contributed by atoms with E-state index in [2.05, 4.69) is 21.2 Å². The summed E-state index contributed by atoms with van der Waals surface area (Å²) in [5.74, 6) is -1.12.